The van der Waals surface area contributed by atoms with Gasteiger partial charge in [0.15, 0.2) is 0 Å². The van der Waals surface area contributed by atoms with Crippen molar-refractivity contribution in [1.29, 1.82) is 0 Å². The fourth-order valence-corrected chi connectivity index (χ4v) is 1.61. The summed E-state index contributed by atoms with van der Waals surface area (Å²) in [5.41, 5.74) is 6.98. The highest BCUT2D eigenvalue weighted by atomic mass is 19.4. The van der Waals surface area contributed by atoms with Crippen molar-refractivity contribution in [3.8, 4) is 5.88 Å². The maximum absolute atomic E-state index is 11.9. The molecule has 1 rings (SSSR count). The smallest absolute Gasteiger partial charge is 0.389 e. The molecule has 0 aromatic carbocycles. The van der Waals surface area contributed by atoms with Crippen LogP contribution in [0.2, 0.25) is 0 Å². The van der Waals surface area contributed by atoms with Gasteiger partial charge in [0.05, 0.1) is 12.3 Å². The van der Waals surface area contributed by atoms with Gasteiger partial charge in [-0.15, -0.1) is 0 Å². The molecule has 1 aromatic heterocycles. The fraction of sp³-hybridized carbons (Fsp3) is 0.727. The Kier molecular flexibility index (Phi) is 4.86. The minimum atomic E-state index is -4.14. The van der Waals surface area contributed by atoms with Crippen molar-refractivity contribution in [3.05, 3.63) is 5.69 Å². The van der Waals surface area contributed by atoms with Gasteiger partial charge in [-0.3, -0.25) is 0 Å². The number of anilines is 1. The lowest BCUT2D eigenvalue weighted by molar-refractivity contribution is -0.136. The second-order valence-corrected chi connectivity index (χ2v) is 4.11. The number of nitrogens with zero attached hydrogens (tertiary/aromatic N) is 2. The predicted octanol–water partition coefficient (Wildman–Crippen LogP) is 2.68. The number of hydrogen-bond donors (Lipinski definition) is 1. The summed E-state index contributed by atoms with van der Waals surface area (Å²) in [5.74, 6) is 0.348. The Morgan fingerprint density at radius 3 is 2.61 bits per heavy atom. The zero-order chi connectivity index (χ0) is 13.8. The van der Waals surface area contributed by atoms with Crippen molar-refractivity contribution >= 4 is 5.69 Å². The first-order chi connectivity index (χ1) is 8.35. The van der Waals surface area contributed by atoms with E-state index in [2.05, 4.69) is 5.10 Å². The lowest BCUT2D eigenvalue weighted by atomic mass is 10.2. The van der Waals surface area contributed by atoms with Crippen LogP contribution in [0.15, 0.2) is 0 Å². The van der Waals surface area contributed by atoms with E-state index in [0.29, 0.717) is 11.6 Å². The first kappa shape index (κ1) is 14.7. The van der Waals surface area contributed by atoms with E-state index in [4.69, 9.17) is 10.5 Å². The predicted molar refractivity (Wildman–Crippen MR) is 62.4 cm³/mol. The number of halogens is 3. The second kappa shape index (κ2) is 5.97. The highest BCUT2D eigenvalue weighted by Crippen LogP contribution is 2.26. The molecule has 18 heavy (non-hydrogen) atoms. The minimum absolute atomic E-state index is 0.0190. The Bertz CT molecular complexity index is 388. The van der Waals surface area contributed by atoms with Crippen LogP contribution in [0.5, 0.6) is 5.88 Å². The molecule has 0 saturated carbocycles. The number of nitrogen functional groups attached to an aromatic ring is 1. The molecular formula is C11H18F3N3O. The topological polar surface area (TPSA) is 53.1 Å². The molecule has 0 fully saturated rings. The molecule has 0 aliphatic heterocycles. The van der Waals surface area contributed by atoms with Crippen LogP contribution in [0.25, 0.3) is 0 Å². The van der Waals surface area contributed by atoms with E-state index >= 15 is 0 Å². The van der Waals surface area contributed by atoms with Gasteiger partial charge in [-0.2, -0.15) is 18.3 Å². The molecule has 0 atom stereocenters. The van der Waals surface area contributed by atoms with Crippen molar-refractivity contribution in [2.24, 2.45) is 7.05 Å². The molecule has 1 heterocycles. The first-order valence-electron chi connectivity index (χ1n) is 5.86. The molecular weight excluding hydrogens is 247 g/mol. The van der Waals surface area contributed by atoms with E-state index in [1.54, 1.807) is 7.05 Å². The lowest BCUT2D eigenvalue weighted by Crippen LogP contribution is -2.11. The Balaban J connectivity index is 2.52. The lowest BCUT2D eigenvalue weighted by Gasteiger charge is -2.08. The maximum Gasteiger partial charge on any atom is 0.389 e. The van der Waals surface area contributed by atoms with Gasteiger partial charge in [-0.05, 0) is 12.8 Å². The van der Waals surface area contributed by atoms with Gasteiger partial charge in [0.1, 0.15) is 5.69 Å². The number of ether oxygens (including phenoxy) is 1. The zero-order valence-electron chi connectivity index (χ0n) is 10.5. The average Bonchev–Trinajstić information content (AvgIpc) is 2.50. The minimum Gasteiger partial charge on any atom is -0.476 e. The van der Waals surface area contributed by atoms with E-state index in [0.717, 1.165) is 18.5 Å². The van der Waals surface area contributed by atoms with E-state index in [-0.39, 0.29) is 13.0 Å². The van der Waals surface area contributed by atoms with Crippen molar-refractivity contribution in [2.75, 3.05) is 12.3 Å². The number of aryl methyl sites for hydroxylation is 2. The molecule has 0 amide bonds. The second-order valence-electron chi connectivity index (χ2n) is 4.11. The molecule has 0 radical (unpaired) electrons. The van der Waals surface area contributed by atoms with Gasteiger partial charge in [-0.1, -0.05) is 13.3 Å². The molecule has 0 unspecified atom stereocenters. The van der Waals surface area contributed by atoms with Crippen molar-refractivity contribution in [1.82, 2.24) is 9.78 Å². The van der Waals surface area contributed by atoms with Gasteiger partial charge in [-0.25, -0.2) is 4.68 Å². The van der Waals surface area contributed by atoms with E-state index < -0.39 is 12.6 Å². The number of rotatable bonds is 6. The van der Waals surface area contributed by atoms with Crippen molar-refractivity contribution in [2.45, 2.75) is 38.8 Å². The summed E-state index contributed by atoms with van der Waals surface area (Å²) in [6.45, 7) is 1.98. The molecule has 0 saturated heterocycles. The van der Waals surface area contributed by atoms with Gasteiger partial charge >= 0.3 is 6.18 Å². The number of hydrogen-bond acceptors (Lipinski definition) is 3. The van der Waals surface area contributed by atoms with Gasteiger partial charge in [0.25, 0.3) is 0 Å². The Morgan fingerprint density at radius 1 is 1.39 bits per heavy atom. The molecule has 104 valence electrons. The molecule has 0 aliphatic rings. The summed E-state index contributed by atoms with van der Waals surface area (Å²) in [5, 5.41) is 4.17. The SMILES string of the molecule is CCCc1nn(C)c(OCCCC(F)(F)F)c1N. The largest absolute Gasteiger partial charge is 0.476 e. The first-order valence-corrected chi connectivity index (χ1v) is 5.86. The summed E-state index contributed by atoms with van der Waals surface area (Å²) >= 11 is 0. The van der Waals surface area contributed by atoms with E-state index in [1.165, 1.54) is 4.68 Å². The normalized spacial score (nSPS) is 11.8. The number of alkyl halides is 3. The van der Waals surface area contributed by atoms with E-state index in [1.807, 2.05) is 6.92 Å². The highest BCUT2D eigenvalue weighted by Gasteiger charge is 2.26. The van der Waals surface area contributed by atoms with Crippen LogP contribution in [0.3, 0.4) is 0 Å². The van der Waals surface area contributed by atoms with Gasteiger partial charge < -0.3 is 10.5 Å². The summed E-state index contributed by atoms with van der Waals surface area (Å²) in [6.07, 6.45) is -3.46. The molecule has 2 N–H and O–H groups in total. The van der Waals surface area contributed by atoms with Crippen LogP contribution in [0, 0.1) is 0 Å². The number of nitrogens with two attached hydrogens (primary N) is 1. The standard InChI is InChI=1S/C11H18F3N3O/c1-3-5-8-9(15)10(17(2)16-8)18-7-4-6-11(12,13)14/h3-7,15H2,1-2H3. The molecule has 1 aromatic rings. The molecule has 7 heteroatoms. The molecule has 0 bridgehead atoms. The molecule has 4 nitrogen and oxygen atoms in total. The summed E-state index contributed by atoms with van der Waals surface area (Å²) < 4.78 is 42.6. The van der Waals surface area contributed by atoms with E-state index in [9.17, 15) is 13.2 Å². The highest BCUT2D eigenvalue weighted by molar-refractivity contribution is 5.53. The molecule has 0 spiro atoms. The Labute approximate surface area is 104 Å². The molecule has 0 aliphatic carbocycles. The van der Waals surface area contributed by atoms with Crippen LogP contribution in [0.1, 0.15) is 31.9 Å². The average molecular weight is 265 g/mol. The Morgan fingerprint density at radius 2 is 2.06 bits per heavy atom. The maximum atomic E-state index is 11.9. The van der Waals surface area contributed by atoms with Crippen molar-refractivity contribution < 1.29 is 17.9 Å². The van der Waals surface area contributed by atoms with Crippen LogP contribution < -0.4 is 10.5 Å². The summed E-state index contributed by atoms with van der Waals surface area (Å²) in [6, 6.07) is 0. The summed E-state index contributed by atoms with van der Waals surface area (Å²) in [4.78, 5) is 0. The van der Waals surface area contributed by atoms with Crippen LogP contribution in [-0.2, 0) is 13.5 Å². The zero-order valence-corrected chi connectivity index (χ0v) is 10.5. The van der Waals surface area contributed by atoms with Crippen molar-refractivity contribution in [3.63, 3.8) is 0 Å². The van der Waals surface area contributed by atoms with Crippen LogP contribution in [0.4, 0.5) is 18.9 Å². The summed E-state index contributed by atoms with van der Waals surface area (Å²) in [7, 11) is 1.66. The monoisotopic (exact) mass is 265 g/mol. The van der Waals surface area contributed by atoms with Gasteiger partial charge in [0.2, 0.25) is 5.88 Å². The third-order valence-corrected chi connectivity index (χ3v) is 2.44. The Hall–Kier alpha value is -1.40. The van der Waals surface area contributed by atoms with Crippen LogP contribution >= 0.6 is 0 Å². The third kappa shape index (κ3) is 4.12. The fourth-order valence-electron chi connectivity index (χ4n) is 1.61. The van der Waals surface area contributed by atoms with Gasteiger partial charge in [0, 0.05) is 13.5 Å². The number of aromatic nitrogens is 2. The quantitative estimate of drug-likeness (QED) is 0.804. The van der Waals surface area contributed by atoms with Crippen LogP contribution in [-0.4, -0.2) is 22.6 Å². The third-order valence-electron chi connectivity index (χ3n) is 2.44.